The molecular formula is C23H16Cl2N6O. The Labute approximate surface area is 192 Å². The van der Waals surface area contributed by atoms with Crippen molar-refractivity contribution in [3.63, 3.8) is 0 Å². The van der Waals surface area contributed by atoms with Gasteiger partial charge in [0.25, 0.3) is 5.56 Å². The molecule has 0 saturated carbocycles. The van der Waals surface area contributed by atoms with Crippen LogP contribution < -0.4 is 10.9 Å². The zero-order valence-corrected chi connectivity index (χ0v) is 18.3. The Morgan fingerprint density at radius 1 is 0.906 bits per heavy atom. The Morgan fingerprint density at radius 2 is 1.69 bits per heavy atom. The topological polar surface area (TPSA) is 85.6 Å². The van der Waals surface area contributed by atoms with Crippen molar-refractivity contribution in [2.75, 3.05) is 5.32 Å². The molecule has 0 aliphatic carbocycles. The smallest absolute Gasteiger partial charge is 0.267 e. The molecule has 2 aromatic carbocycles. The lowest BCUT2D eigenvalue weighted by Crippen LogP contribution is -2.27. The minimum Gasteiger partial charge on any atom is -0.358 e. The van der Waals surface area contributed by atoms with Crippen LogP contribution in [-0.2, 0) is 0 Å². The van der Waals surface area contributed by atoms with E-state index in [0.717, 1.165) is 0 Å². The van der Waals surface area contributed by atoms with Crippen LogP contribution in [0.3, 0.4) is 0 Å². The summed E-state index contributed by atoms with van der Waals surface area (Å²) in [5.74, 6) is 0.947. The molecule has 0 radical (unpaired) electrons. The minimum absolute atomic E-state index is 0.0962. The second-order valence-electron chi connectivity index (χ2n) is 7.16. The van der Waals surface area contributed by atoms with Crippen molar-refractivity contribution in [1.82, 2.24) is 24.5 Å². The first-order chi connectivity index (χ1) is 15.5. The Balaban J connectivity index is 1.71. The highest BCUT2D eigenvalue weighted by Crippen LogP contribution is 2.27. The second kappa shape index (κ2) is 8.18. The standard InChI is InChI=1S/C23H16Cl2N6O/c1-13(27-20-19-17(11-6-12-26-19)29-23(25)30-20)21-28-16-10-5-9-15(24)18(16)22(32)31(21)14-7-3-2-4-8-14/h2-13H,1H3,(H,27,29,30)/t13-/m0/s1. The van der Waals surface area contributed by atoms with Gasteiger partial charge in [0.15, 0.2) is 5.82 Å². The molecule has 32 heavy (non-hydrogen) atoms. The van der Waals surface area contributed by atoms with Gasteiger partial charge in [-0.15, -0.1) is 0 Å². The van der Waals surface area contributed by atoms with E-state index in [4.69, 9.17) is 28.2 Å². The normalized spacial score (nSPS) is 12.2. The van der Waals surface area contributed by atoms with Gasteiger partial charge in [0.1, 0.15) is 11.3 Å². The van der Waals surface area contributed by atoms with Crippen molar-refractivity contribution in [3.8, 4) is 5.69 Å². The maximum Gasteiger partial charge on any atom is 0.267 e. The number of aromatic nitrogens is 5. The third kappa shape index (κ3) is 3.55. The van der Waals surface area contributed by atoms with E-state index in [1.165, 1.54) is 0 Å². The molecule has 1 atom stereocenters. The van der Waals surface area contributed by atoms with E-state index in [1.807, 2.05) is 43.3 Å². The number of halogens is 2. The lowest BCUT2D eigenvalue weighted by Gasteiger charge is -2.20. The summed E-state index contributed by atoms with van der Waals surface area (Å²) in [6.45, 7) is 1.89. The molecule has 9 heteroatoms. The molecule has 0 aliphatic heterocycles. The highest BCUT2D eigenvalue weighted by atomic mass is 35.5. The average Bonchev–Trinajstić information content (AvgIpc) is 2.79. The predicted molar refractivity (Wildman–Crippen MR) is 127 cm³/mol. The average molecular weight is 463 g/mol. The summed E-state index contributed by atoms with van der Waals surface area (Å²) in [6, 6.07) is 17.7. The first-order valence-electron chi connectivity index (χ1n) is 9.84. The number of fused-ring (bicyclic) bond motifs is 2. The van der Waals surface area contributed by atoms with Gasteiger partial charge >= 0.3 is 0 Å². The monoisotopic (exact) mass is 462 g/mol. The van der Waals surface area contributed by atoms with Crippen molar-refractivity contribution in [1.29, 1.82) is 0 Å². The lowest BCUT2D eigenvalue weighted by molar-refractivity contribution is 0.731. The Morgan fingerprint density at radius 3 is 2.50 bits per heavy atom. The molecule has 3 aromatic heterocycles. The van der Waals surface area contributed by atoms with E-state index < -0.39 is 6.04 Å². The number of pyridine rings is 1. The Bertz CT molecular complexity index is 1520. The number of benzene rings is 2. The zero-order valence-electron chi connectivity index (χ0n) is 16.8. The maximum atomic E-state index is 13.5. The second-order valence-corrected chi connectivity index (χ2v) is 7.90. The van der Waals surface area contributed by atoms with Gasteiger partial charge in [0, 0.05) is 6.20 Å². The summed E-state index contributed by atoms with van der Waals surface area (Å²) in [4.78, 5) is 31.2. The fourth-order valence-electron chi connectivity index (χ4n) is 3.63. The van der Waals surface area contributed by atoms with Crippen LogP contribution in [0, 0.1) is 0 Å². The van der Waals surface area contributed by atoms with Crippen LogP contribution >= 0.6 is 23.2 Å². The third-order valence-electron chi connectivity index (χ3n) is 5.06. The SMILES string of the molecule is C[C@H](Nc1nc(Cl)nc2cccnc12)c1nc2cccc(Cl)c2c(=O)n1-c1ccccc1. The van der Waals surface area contributed by atoms with Crippen molar-refractivity contribution in [2.45, 2.75) is 13.0 Å². The van der Waals surface area contributed by atoms with Gasteiger partial charge in [-0.05, 0) is 54.9 Å². The molecule has 0 fully saturated rings. The molecule has 158 valence electrons. The first kappa shape index (κ1) is 20.4. The van der Waals surface area contributed by atoms with Gasteiger partial charge < -0.3 is 5.32 Å². The fourth-order valence-corrected chi connectivity index (χ4v) is 4.06. The summed E-state index contributed by atoms with van der Waals surface area (Å²) in [6.07, 6.45) is 1.66. The van der Waals surface area contributed by atoms with Crippen molar-refractivity contribution >= 4 is 51.0 Å². The molecule has 1 N–H and O–H groups in total. The summed E-state index contributed by atoms with van der Waals surface area (Å²) in [7, 11) is 0. The van der Waals surface area contributed by atoms with Gasteiger partial charge in [-0.3, -0.25) is 14.3 Å². The summed E-state index contributed by atoms with van der Waals surface area (Å²) in [5, 5.41) is 4.12. The van der Waals surface area contributed by atoms with Crippen LogP contribution in [0.15, 0.2) is 71.7 Å². The largest absolute Gasteiger partial charge is 0.358 e. The summed E-state index contributed by atoms with van der Waals surface area (Å²) < 4.78 is 1.56. The number of hydrogen-bond acceptors (Lipinski definition) is 6. The highest BCUT2D eigenvalue weighted by Gasteiger charge is 2.21. The number of nitrogens with zero attached hydrogens (tertiary/aromatic N) is 5. The van der Waals surface area contributed by atoms with E-state index in [2.05, 4.69) is 20.3 Å². The van der Waals surface area contributed by atoms with Crippen molar-refractivity contribution < 1.29 is 0 Å². The molecule has 0 bridgehead atoms. The molecule has 0 spiro atoms. The lowest BCUT2D eigenvalue weighted by atomic mass is 10.2. The van der Waals surface area contributed by atoms with Gasteiger partial charge in [-0.1, -0.05) is 35.9 Å². The minimum atomic E-state index is -0.428. The molecule has 5 aromatic rings. The molecule has 0 saturated heterocycles. The van der Waals surface area contributed by atoms with E-state index in [-0.39, 0.29) is 10.8 Å². The van der Waals surface area contributed by atoms with Crippen LogP contribution in [0.5, 0.6) is 0 Å². The van der Waals surface area contributed by atoms with Gasteiger partial charge in [-0.25, -0.2) is 9.97 Å². The third-order valence-corrected chi connectivity index (χ3v) is 5.54. The molecule has 0 unspecified atom stereocenters. The number of hydrogen-bond donors (Lipinski definition) is 1. The van der Waals surface area contributed by atoms with Crippen LogP contribution in [0.4, 0.5) is 5.82 Å². The fraction of sp³-hybridized carbons (Fsp3) is 0.0870. The van der Waals surface area contributed by atoms with Gasteiger partial charge in [0.2, 0.25) is 5.28 Å². The predicted octanol–water partition coefficient (Wildman–Crippen LogP) is 5.20. The van der Waals surface area contributed by atoms with Crippen LogP contribution in [0.1, 0.15) is 18.8 Å². The number of rotatable bonds is 4. The van der Waals surface area contributed by atoms with Gasteiger partial charge in [0.05, 0.1) is 33.2 Å². The van der Waals surface area contributed by atoms with Crippen molar-refractivity contribution in [3.05, 3.63) is 93.3 Å². The highest BCUT2D eigenvalue weighted by molar-refractivity contribution is 6.35. The number of anilines is 1. The van der Waals surface area contributed by atoms with E-state index >= 15 is 0 Å². The van der Waals surface area contributed by atoms with Crippen LogP contribution in [0.2, 0.25) is 10.3 Å². The molecule has 3 heterocycles. The maximum absolute atomic E-state index is 13.5. The van der Waals surface area contributed by atoms with Crippen molar-refractivity contribution in [2.24, 2.45) is 0 Å². The summed E-state index contributed by atoms with van der Waals surface area (Å²) in [5.41, 5.74) is 2.13. The quantitative estimate of drug-likeness (QED) is 0.369. The van der Waals surface area contributed by atoms with E-state index in [1.54, 1.807) is 35.0 Å². The Hall–Kier alpha value is -3.55. The first-order valence-corrected chi connectivity index (χ1v) is 10.6. The Kier molecular flexibility index (Phi) is 5.20. The van der Waals surface area contributed by atoms with Gasteiger partial charge in [-0.2, -0.15) is 4.98 Å². The number of para-hydroxylation sites is 1. The molecule has 7 nitrogen and oxygen atoms in total. The van der Waals surface area contributed by atoms with Crippen LogP contribution in [-0.4, -0.2) is 24.5 Å². The zero-order chi connectivity index (χ0) is 22.2. The van der Waals surface area contributed by atoms with E-state index in [9.17, 15) is 4.79 Å². The van der Waals surface area contributed by atoms with Crippen LogP contribution in [0.25, 0.3) is 27.6 Å². The summed E-state index contributed by atoms with van der Waals surface area (Å²) >= 11 is 12.5. The number of nitrogens with one attached hydrogen (secondary N) is 1. The molecular weight excluding hydrogens is 447 g/mol. The molecule has 0 aliphatic rings. The van der Waals surface area contributed by atoms with E-state index in [0.29, 0.717) is 44.3 Å². The molecule has 0 amide bonds. The molecule has 5 rings (SSSR count).